The third kappa shape index (κ3) is 3.56. The Hall–Kier alpha value is -1.36. The zero-order valence-electron chi connectivity index (χ0n) is 10.4. The molecule has 0 amide bonds. The Morgan fingerprint density at radius 1 is 1.53 bits per heavy atom. The average molecular weight is 236 g/mol. The molecule has 1 aliphatic carbocycles. The van der Waals surface area contributed by atoms with Gasteiger partial charge in [0.05, 0.1) is 6.61 Å². The molecule has 0 aliphatic heterocycles. The highest BCUT2D eigenvalue weighted by molar-refractivity contribution is 5.45. The summed E-state index contributed by atoms with van der Waals surface area (Å²) in [5.41, 5.74) is 5.78. The predicted molar refractivity (Wildman–Crippen MR) is 68.0 cm³/mol. The first kappa shape index (κ1) is 12.1. The number of anilines is 2. The van der Waals surface area contributed by atoms with Crippen LogP contribution in [0.4, 0.5) is 11.6 Å². The minimum absolute atomic E-state index is 0.219. The van der Waals surface area contributed by atoms with E-state index in [9.17, 15) is 0 Å². The highest BCUT2D eigenvalue weighted by Gasteiger charge is 2.27. The van der Waals surface area contributed by atoms with Crippen LogP contribution in [0.25, 0.3) is 0 Å². The summed E-state index contributed by atoms with van der Waals surface area (Å²) in [7, 11) is 0. The molecule has 0 bridgehead atoms. The SMILES string of the molecule is CCOCC(C)Nc1cc(N)nc(C2CC2)n1. The molecule has 17 heavy (non-hydrogen) atoms. The maximum absolute atomic E-state index is 5.78. The fourth-order valence-electron chi connectivity index (χ4n) is 1.67. The van der Waals surface area contributed by atoms with Crippen molar-refractivity contribution in [3.05, 3.63) is 11.9 Å². The summed E-state index contributed by atoms with van der Waals surface area (Å²) in [6.45, 7) is 5.44. The lowest BCUT2D eigenvalue weighted by atomic mass is 10.3. The number of aromatic nitrogens is 2. The molecular formula is C12H20N4O. The van der Waals surface area contributed by atoms with Gasteiger partial charge in [0.25, 0.3) is 0 Å². The lowest BCUT2D eigenvalue weighted by molar-refractivity contribution is 0.141. The summed E-state index contributed by atoms with van der Waals surface area (Å²) in [5, 5.41) is 3.28. The van der Waals surface area contributed by atoms with E-state index in [1.54, 1.807) is 6.07 Å². The molecule has 0 saturated heterocycles. The maximum atomic E-state index is 5.78. The maximum Gasteiger partial charge on any atom is 0.136 e. The number of nitrogens with one attached hydrogen (secondary N) is 1. The standard InChI is InChI=1S/C12H20N4O/c1-3-17-7-8(2)14-11-6-10(13)15-12(16-11)9-4-5-9/h6,8-9H,3-5,7H2,1-2H3,(H3,13,14,15,16). The number of hydrogen-bond acceptors (Lipinski definition) is 5. The van der Waals surface area contributed by atoms with Gasteiger partial charge in [-0.25, -0.2) is 9.97 Å². The second kappa shape index (κ2) is 5.31. The van der Waals surface area contributed by atoms with Gasteiger partial charge in [-0.1, -0.05) is 0 Å². The smallest absolute Gasteiger partial charge is 0.136 e. The molecule has 94 valence electrons. The van der Waals surface area contributed by atoms with Gasteiger partial charge in [0.15, 0.2) is 0 Å². The lowest BCUT2D eigenvalue weighted by Crippen LogP contribution is -2.22. The molecule has 2 rings (SSSR count). The monoisotopic (exact) mass is 236 g/mol. The van der Waals surface area contributed by atoms with Gasteiger partial charge in [-0.15, -0.1) is 0 Å². The highest BCUT2D eigenvalue weighted by atomic mass is 16.5. The fraction of sp³-hybridized carbons (Fsp3) is 0.667. The van der Waals surface area contributed by atoms with Crippen molar-refractivity contribution in [2.45, 2.75) is 38.6 Å². The van der Waals surface area contributed by atoms with E-state index < -0.39 is 0 Å². The topological polar surface area (TPSA) is 73.1 Å². The number of hydrogen-bond donors (Lipinski definition) is 2. The van der Waals surface area contributed by atoms with Gasteiger partial charge in [0, 0.05) is 24.6 Å². The van der Waals surface area contributed by atoms with E-state index in [4.69, 9.17) is 10.5 Å². The Morgan fingerprint density at radius 3 is 2.94 bits per heavy atom. The summed E-state index contributed by atoms with van der Waals surface area (Å²) in [4.78, 5) is 8.75. The third-order valence-corrected chi connectivity index (χ3v) is 2.67. The largest absolute Gasteiger partial charge is 0.384 e. The quantitative estimate of drug-likeness (QED) is 0.787. The minimum Gasteiger partial charge on any atom is -0.384 e. The molecule has 0 aromatic carbocycles. The molecule has 1 aromatic heterocycles. The molecule has 1 aromatic rings. The molecule has 0 spiro atoms. The fourth-order valence-corrected chi connectivity index (χ4v) is 1.67. The van der Waals surface area contributed by atoms with Gasteiger partial charge in [-0.2, -0.15) is 0 Å². The van der Waals surface area contributed by atoms with Crippen molar-refractivity contribution in [2.24, 2.45) is 0 Å². The second-order valence-corrected chi connectivity index (χ2v) is 4.52. The van der Waals surface area contributed by atoms with Crippen LogP contribution in [-0.4, -0.2) is 29.2 Å². The van der Waals surface area contributed by atoms with E-state index in [1.165, 1.54) is 12.8 Å². The van der Waals surface area contributed by atoms with E-state index in [0.717, 1.165) is 18.2 Å². The van der Waals surface area contributed by atoms with Gasteiger partial charge in [0.2, 0.25) is 0 Å². The first-order valence-corrected chi connectivity index (χ1v) is 6.17. The van der Waals surface area contributed by atoms with E-state index in [-0.39, 0.29) is 6.04 Å². The molecule has 1 heterocycles. The first-order valence-electron chi connectivity index (χ1n) is 6.17. The van der Waals surface area contributed by atoms with Crippen LogP contribution in [0.2, 0.25) is 0 Å². The number of nitrogens with zero attached hydrogens (tertiary/aromatic N) is 2. The molecule has 0 radical (unpaired) electrons. The van der Waals surface area contributed by atoms with Crippen LogP contribution < -0.4 is 11.1 Å². The van der Waals surface area contributed by atoms with Crippen LogP contribution >= 0.6 is 0 Å². The normalized spacial score (nSPS) is 16.8. The van der Waals surface area contributed by atoms with Crippen molar-refractivity contribution in [3.63, 3.8) is 0 Å². The van der Waals surface area contributed by atoms with E-state index in [0.29, 0.717) is 18.3 Å². The number of nitrogen functional groups attached to an aromatic ring is 1. The van der Waals surface area contributed by atoms with Crippen LogP contribution in [0.15, 0.2) is 6.07 Å². The molecule has 1 fully saturated rings. The Bertz CT molecular complexity index is 379. The van der Waals surface area contributed by atoms with E-state index >= 15 is 0 Å². The lowest BCUT2D eigenvalue weighted by Gasteiger charge is -2.15. The summed E-state index contributed by atoms with van der Waals surface area (Å²) >= 11 is 0. The van der Waals surface area contributed by atoms with Gasteiger partial charge in [0.1, 0.15) is 17.5 Å². The Labute approximate surface area is 102 Å². The molecule has 1 atom stereocenters. The van der Waals surface area contributed by atoms with Crippen molar-refractivity contribution in [2.75, 3.05) is 24.3 Å². The van der Waals surface area contributed by atoms with Crippen molar-refractivity contribution in [1.29, 1.82) is 0 Å². The van der Waals surface area contributed by atoms with Crippen LogP contribution in [0, 0.1) is 0 Å². The molecule has 3 N–H and O–H groups in total. The average Bonchev–Trinajstić information content (AvgIpc) is 3.09. The first-order chi connectivity index (χ1) is 8.19. The zero-order chi connectivity index (χ0) is 12.3. The van der Waals surface area contributed by atoms with Gasteiger partial charge in [-0.05, 0) is 26.7 Å². The van der Waals surface area contributed by atoms with Gasteiger partial charge < -0.3 is 15.8 Å². The van der Waals surface area contributed by atoms with Crippen LogP contribution in [-0.2, 0) is 4.74 Å². The van der Waals surface area contributed by atoms with Crippen molar-refractivity contribution in [3.8, 4) is 0 Å². The second-order valence-electron chi connectivity index (χ2n) is 4.52. The van der Waals surface area contributed by atoms with Gasteiger partial charge >= 0.3 is 0 Å². The highest BCUT2D eigenvalue weighted by Crippen LogP contribution is 2.38. The Morgan fingerprint density at radius 2 is 2.29 bits per heavy atom. The van der Waals surface area contributed by atoms with E-state index in [1.807, 2.05) is 6.92 Å². The zero-order valence-corrected chi connectivity index (χ0v) is 10.4. The molecular weight excluding hydrogens is 216 g/mol. The Balaban J connectivity index is 1.99. The number of ether oxygens (including phenoxy) is 1. The summed E-state index contributed by atoms with van der Waals surface area (Å²) in [6.07, 6.45) is 2.36. The van der Waals surface area contributed by atoms with E-state index in [2.05, 4.69) is 22.2 Å². The minimum atomic E-state index is 0.219. The number of rotatable bonds is 6. The van der Waals surface area contributed by atoms with Crippen molar-refractivity contribution < 1.29 is 4.74 Å². The summed E-state index contributed by atoms with van der Waals surface area (Å²) in [5.74, 6) is 2.72. The molecule has 5 heteroatoms. The van der Waals surface area contributed by atoms with Crippen molar-refractivity contribution >= 4 is 11.6 Å². The number of nitrogens with two attached hydrogens (primary N) is 1. The van der Waals surface area contributed by atoms with Crippen LogP contribution in [0.1, 0.15) is 38.4 Å². The molecule has 1 unspecified atom stereocenters. The molecule has 5 nitrogen and oxygen atoms in total. The molecule has 1 saturated carbocycles. The van der Waals surface area contributed by atoms with Gasteiger partial charge in [-0.3, -0.25) is 0 Å². The third-order valence-electron chi connectivity index (χ3n) is 2.67. The van der Waals surface area contributed by atoms with Crippen molar-refractivity contribution in [1.82, 2.24) is 9.97 Å². The Kier molecular flexibility index (Phi) is 3.78. The summed E-state index contributed by atoms with van der Waals surface area (Å²) in [6, 6.07) is 1.99. The van der Waals surface area contributed by atoms with Crippen LogP contribution in [0.3, 0.4) is 0 Å². The summed E-state index contributed by atoms with van der Waals surface area (Å²) < 4.78 is 5.35. The predicted octanol–water partition coefficient (Wildman–Crippen LogP) is 1.77. The van der Waals surface area contributed by atoms with Crippen LogP contribution in [0.5, 0.6) is 0 Å². The molecule has 1 aliphatic rings.